The Morgan fingerprint density at radius 2 is 2.05 bits per heavy atom. The molecule has 3 N–H and O–H groups in total. The molecule has 6 nitrogen and oxygen atoms in total. The lowest BCUT2D eigenvalue weighted by molar-refractivity contribution is 0.0939. The quantitative estimate of drug-likeness (QED) is 0.893. The molecular weight excluding hydrogens is 256 g/mol. The molecule has 0 bridgehead atoms. The predicted molar refractivity (Wildman–Crippen MR) is 75.2 cm³/mol. The first-order chi connectivity index (χ1) is 9.38. The van der Waals surface area contributed by atoms with Gasteiger partial charge >= 0.3 is 0 Å². The second-order valence-corrected chi connectivity index (χ2v) is 4.86. The normalized spacial score (nSPS) is 12.2. The van der Waals surface area contributed by atoms with E-state index in [1.165, 1.54) is 0 Å². The smallest absolute Gasteiger partial charge is 0.251 e. The number of hydrogen-bond donors (Lipinski definition) is 2. The van der Waals surface area contributed by atoms with Crippen LogP contribution >= 0.6 is 0 Å². The summed E-state index contributed by atoms with van der Waals surface area (Å²) in [4.78, 5) is 16.3. The van der Waals surface area contributed by atoms with Gasteiger partial charge in [-0.25, -0.2) is 4.98 Å². The minimum Gasteiger partial charge on any atom is -0.384 e. The molecule has 0 aromatic carbocycles. The number of nitrogens with one attached hydrogen (secondary N) is 1. The number of nitrogen functional groups attached to an aromatic ring is 1. The lowest BCUT2D eigenvalue weighted by Gasteiger charge is -2.14. The van der Waals surface area contributed by atoms with E-state index in [-0.39, 0.29) is 11.9 Å². The van der Waals surface area contributed by atoms with Crippen LogP contribution < -0.4 is 11.1 Å². The fourth-order valence-corrected chi connectivity index (χ4v) is 2.29. The highest BCUT2D eigenvalue weighted by atomic mass is 16.5. The Kier molecular flexibility index (Phi) is 3.74. The number of carbonyl (C=O) groups excluding carboxylic acids is 1. The van der Waals surface area contributed by atoms with Crippen LogP contribution in [-0.2, 0) is 0 Å². The molecule has 106 valence electrons. The van der Waals surface area contributed by atoms with Gasteiger partial charge in [-0.1, -0.05) is 5.16 Å². The van der Waals surface area contributed by atoms with Gasteiger partial charge in [-0.05, 0) is 39.8 Å². The summed E-state index contributed by atoms with van der Waals surface area (Å²) in [5.74, 6) is 0.843. The van der Waals surface area contributed by atoms with Crippen molar-refractivity contribution >= 4 is 11.7 Å². The summed E-state index contributed by atoms with van der Waals surface area (Å²) in [6.07, 6.45) is 0. The number of nitrogens with zero attached hydrogens (tertiary/aromatic N) is 2. The molecule has 0 aliphatic rings. The van der Waals surface area contributed by atoms with Gasteiger partial charge < -0.3 is 15.6 Å². The van der Waals surface area contributed by atoms with Gasteiger partial charge in [0, 0.05) is 16.8 Å². The standard InChI is InChI=1S/C14H18N4O2/c1-7-5-11(6-12(15)16-7)14(19)17-8(2)13-9(3)18-20-10(13)4/h5-6,8H,1-4H3,(H2,15,16)(H,17,19). The lowest BCUT2D eigenvalue weighted by atomic mass is 10.1. The summed E-state index contributed by atoms with van der Waals surface area (Å²) in [6.45, 7) is 7.36. The van der Waals surface area contributed by atoms with Crippen LogP contribution in [-0.4, -0.2) is 16.0 Å². The monoisotopic (exact) mass is 274 g/mol. The van der Waals surface area contributed by atoms with Crippen molar-refractivity contribution < 1.29 is 9.32 Å². The van der Waals surface area contributed by atoms with E-state index in [0.717, 1.165) is 11.3 Å². The number of nitrogens with two attached hydrogens (primary N) is 1. The van der Waals surface area contributed by atoms with Crippen molar-refractivity contribution in [1.82, 2.24) is 15.5 Å². The van der Waals surface area contributed by atoms with E-state index in [2.05, 4.69) is 15.5 Å². The third kappa shape index (κ3) is 2.79. The molecule has 1 amide bonds. The van der Waals surface area contributed by atoms with E-state index < -0.39 is 0 Å². The van der Waals surface area contributed by atoms with Crippen molar-refractivity contribution in [2.24, 2.45) is 0 Å². The highest BCUT2D eigenvalue weighted by Crippen LogP contribution is 2.21. The second kappa shape index (κ2) is 5.32. The number of aromatic nitrogens is 2. The van der Waals surface area contributed by atoms with Gasteiger partial charge in [-0.2, -0.15) is 0 Å². The molecule has 1 unspecified atom stereocenters. The fourth-order valence-electron chi connectivity index (χ4n) is 2.29. The molecule has 2 aromatic rings. The molecule has 0 radical (unpaired) electrons. The summed E-state index contributed by atoms with van der Waals surface area (Å²) in [5.41, 5.74) is 8.54. The van der Waals surface area contributed by atoms with E-state index in [1.54, 1.807) is 19.1 Å². The molecule has 0 saturated heterocycles. The Balaban J connectivity index is 2.19. The molecule has 6 heteroatoms. The maximum Gasteiger partial charge on any atom is 0.251 e. The van der Waals surface area contributed by atoms with Crippen molar-refractivity contribution in [3.63, 3.8) is 0 Å². The van der Waals surface area contributed by atoms with Crippen LogP contribution in [0.5, 0.6) is 0 Å². The van der Waals surface area contributed by atoms with E-state index in [9.17, 15) is 4.79 Å². The van der Waals surface area contributed by atoms with Gasteiger partial charge in [0.15, 0.2) is 0 Å². The molecule has 0 aliphatic heterocycles. The minimum absolute atomic E-state index is 0.191. The summed E-state index contributed by atoms with van der Waals surface area (Å²) < 4.78 is 5.11. The molecule has 0 spiro atoms. The molecule has 2 rings (SSSR count). The first kappa shape index (κ1) is 14.0. The van der Waals surface area contributed by atoms with Crippen LogP contribution in [0.4, 0.5) is 5.82 Å². The van der Waals surface area contributed by atoms with Gasteiger partial charge in [0.2, 0.25) is 0 Å². The van der Waals surface area contributed by atoms with Crippen LogP contribution in [0, 0.1) is 20.8 Å². The number of aryl methyl sites for hydroxylation is 3. The number of carbonyl (C=O) groups is 1. The topological polar surface area (TPSA) is 94.0 Å². The highest BCUT2D eigenvalue weighted by Gasteiger charge is 2.19. The summed E-state index contributed by atoms with van der Waals surface area (Å²) in [5, 5.41) is 6.80. The number of hydrogen-bond acceptors (Lipinski definition) is 5. The molecule has 0 fully saturated rings. The Hall–Kier alpha value is -2.37. The minimum atomic E-state index is -0.199. The van der Waals surface area contributed by atoms with E-state index in [4.69, 9.17) is 10.3 Å². The molecule has 0 aliphatic carbocycles. The fraction of sp³-hybridized carbons (Fsp3) is 0.357. The molecule has 2 heterocycles. The Labute approximate surface area is 117 Å². The average molecular weight is 274 g/mol. The Bertz CT molecular complexity index is 609. The number of pyridine rings is 1. The maximum absolute atomic E-state index is 12.2. The predicted octanol–water partition coefficient (Wildman–Crippen LogP) is 2.07. The van der Waals surface area contributed by atoms with Crippen molar-refractivity contribution in [3.8, 4) is 0 Å². The Morgan fingerprint density at radius 3 is 2.60 bits per heavy atom. The largest absolute Gasteiger partial charge is 0.384 e. The average Bonchev–Trinajstić information content (AvgIpc) is 2.67. The molecule has 0 saturated carbocycles. The van der Waals surface area contributed by atoms with E-state index in [0.29, 0.717) is 22.8 Å². The Morgan fingerprint density at radius 1 is 1.35 bits per heavy atom. The SMILES string of the molecule is Cc1cc(C(=O)NC(C)c2c(C)noc2C)cc(N)n1. The van der Waals surface area contributed by atoms with Crippen LogP contribution in [0.1, 0.15) is 46.0 Å². The first-order valence-corrected chi connectivity index (χ1v) is 6.36. The van der Waals surface area contributed by atoms with Gasteiger partial charge in [0.1, 0.15) is 11.6 Å². The number of rotatable bonds is 3. The molecule has 20 heavy (non-hydrogen) atoms. The third-order valence-corrected chi connectivity index (χ3v) is 3.10. The summed E-state index contributed by atoms with van der Waals surface area (Å²) in [7, 11) is 0. The van der Waals surface area contributed by atoms with Crippen LogP contribution in [0.2, 0.25) is 0 Å². The zero-order chi connectivity index (χ0) is 14.9. The number of anilines is 1. The zero-order valence-electron chi connectivity index (χ0n) is 12.0. The highest BCUT2D eigenvalue weighted by molar-refractivity contribution is 5.95. The first-order valence-electron chi connectivity index (χ1n) is 6.36. The maximum atomic E-state index is 12.2. The van der Waals surface area contributed by atoms with E-state index >= 15 is 0 Å². The zero-order valence-corrected chi connectivity index (χ0v) is 12.0. The van der Waals surface area contributed by atoms with Crippen LogP contribution in [0.15, 0.2) is 16.7 Å². The van der Waals surface area contributed by atoms with Gasteiger partial charge in [-0.15, -0.1) is 0 Å². The third-order valence-electron chi connectivity index (χ3n) is 3.10. The van der Waals surface area contributed by atoms with Gasteiger partial charge in [0.25, 0.3) is 5.91 Å². The molecular formula is C14H18N4O2. The lowest BCUT2D eigenvalue weighted by Crippen LogP contribution is -2.27. The second-order valence-electron chi connectivity index (χ2n) is 4.86. The summed E-state index contributed by atoms with van der Waals surface area (Å²) in [6, 6.07) is 3.07. The number of amides is 1. The van der Waals surface area contributed by atoms with Crippen molar-refractivity contribution in [2.75, 3.05) is 5.73 Å². The van der Waals surface area contributed by atoms with Crippen molar-refractivity contribution in [3.05, 3.63) is 40.4 Å². The van der Waals surface area contributed by atoms with Crippen LogP contribution in [0.25, 0.3) is 0 Å². The van der Waals surface area contributed by atoms with Crippen LogP contribution in [0.3, 0.4) is 0 Å². The molecule has 2 aromatic heterocycles. The van der Waals surface area contributed by atoms with Gasteiger partial charge in [-0.3, -0.25) is 4.79 Å². The molecule has 1 atom stereocenters. The van der Waals surface area contributed by atoms with Crippen molar-refractivity contribution in [2.45, 2.75) is 33.7 Å². The van der Waals surface area contributed by atoms with Gasteiger partial charge in [0.05, 0.1) is 11.7 Å². The summed E-state index contributed by atoms with van der Waals surface area (Å²) >= 11 is 0. The van der Waals surface area contributed by atoms with Crippen molar-refractivity contribution in [1.29, 1.82) is 0 Å². The van der Waals surface area contributed by atoms with E-state index in [1.807, 2.05) is 20.8 Å².